The van der Waals surface area contributed by atoms with Crippen LogP contribution in [-0.4, -0.2) is 30.4 Å². The van der Waals surface area contributed by atoms with Crippen LogP contribution >= 0.6 is 0 Å². The number of halogens is 6. The van der Waals surface area contributed by atoms with E-state index in [1.165, 1.54) is 0 Å². The van der Waals surface area contributed by atoms with Crippen molar-refractivity contribution in [1.29, 1.82) is 0 Å². The molecule has 0 heterocycles. The molecule has 2 unspecified atom stereocenters. The zero-order valence-electron chi connectivity index (χ0n) is 5.36. The SMILES string of the molecule is OC(F)C(F)(F)OC(F)C(F)F. The standard InChI is InChI=1S/C4H4F6O2/c5-1(6)2(7)12-4(9,10)3(8)11/h1-3,11H. The minimum Gasteiger partial charge on any atom is -0.357 e. The van der Waals surface area contributed by atoms with E-state index >= 15 is 0 Å². The number of rotatable bonds is 4. The Bertz CT molecular complexity index is 138. The second-order valence-electron chi connectivity index (χ2n) is 1.70. The van der Waals surface area contributed by atoms with E-state index < -0.39 is 25.2 Å². The predicted octanol–water partition coefficient (Wildman–Crippen LogP) is 1.44. The monoisotopic (exact) mass is 198 g/mol. The van der Waals surface area contributed by atoms with Crippen LogP contribution in [-0.2, 0) is 4.74 Å². The number of aliphatic hydroxyl groups is 1. The van der Waals surface area contributed by atoms with Crippen LogP contribution in [0.4, 0.5) is 26.3 Å². The number of aliphatic hydroxyl groups excluding tert-OH is 1. The highest BCUT2D eigenvalue weighted by atomic mass is 19.3. The average molecular weight is 198 g/mol. The Balaban J connectivity index is 4.05. The Labute approximate surface area is 62.7 Å². The van der Waals surface area contributed by atoms with Gasteiger partial charge in [-0.2, -0.15) is 8.78 Å². The van der Waals surface area contributed by atoms with Gasteiger partial charge < -0.3 is 5.11 Å². The molecule has 0 saturated heterocycles. The third-order valence-electron chi connectivity index (χ3n) is 0.745. The van der Waals surface area contributed by atoms with Gasteiger partial charge in [0, 0.05) is 0 Å². The highest BCUT2D eigenvalue weighted by Crippen LogP contribution is 2.25. The molecule has 2 nitrogen and oxygen atoms in total. The van der Waals surface area contributed by atoms with Crippen LogP contribution in [0.5, 0.6) is 0 Å². The summed E-state index contributed by atoms with van der Waals surface area (Å²) in [6.45, 7) is 0. The number of hydrogen-bond acceptors (Lipinski definition) is 2. The van der Waals surface area contributed by atoms with Gasteiger partial charge in [0.1, 0.15) is 0 Å². The van der Waals surface area contributed by atoms with Gasteiger partial charge in [0.2, 0.25) is 0 Å². The molecule has 0 bridgehead atoms. The summed E-state index contributed by atoms with van der Waals surface area (Å²) in [5, 5.41) is 7.56. The maximum Gasteiger partial charge on any atom is 0.414 e. The van der Waals surface area contributed by atoms with Gasteiger partial charge in [-0.25, -0.2) is 17.6 Å². The Hall–Kier alpha value is -0.500. The van der Waals surface area contributed by atoms with E-state index in [0.29, 0.717) is 0 Å². The second kappa shape index (κ2) is 3.94. The summed E-state index contributed by atoms with van der Waals surface area (Å²) >= 11 is 0. The van der Waals surface area contributed by atoms with Crippen LogP contribution in [0.2, 0.25) is 0 Å². The first-order valence-electron chi connectivity index (χ1n) is 2.57. The molecule has 2 atom stereocenters. The van der Waals surface area contributed by atoms with Crippen molar-refractivity contribution in [3.8, 4) is 0 Å². The first-order valence-corrected chi connectivity index (χ1v) is 2.57. The molecule has 0 amide bonds. The lowest BCUT2D eigenvalue weighted by Crippen LogP contribution is -2.37. The zero-order valence-corrected chi connectivity index (χ0v) is 5.36. The van der Waals surface area contributed by atoms with Gasteiger partial charge in [-0.3, -0.25) is 4.74 Å². The lowest BCUT2D eigenvalue weighted by Gasteiger charge is -2.18. The molecule has 1 N–H and O–H groups in total. The molecule has 74 valence electrons. The Morgan fingerprint density at radius 3 is 1.75 bits per heavy atom. The van der Waals surface area contributed by atoms with E-state index in [-0.39, 0.29) is 0 Å². The molecule has 0 aromatic carbocycles. The van der Waals surface area contributed by atoms with Crippen LogP contribution in [0.3, 0.4) is 0 Å². The van der Waals surface area contributed by atoms with Crippen LogP contribution in [0.15, 0.2) is 0 Å². The fraction of sp³-hybridized carbons (Fsp3) is 1.00. The topological polar surface area (TPSA) is 29.5 Å². The van der Waals surface area contributed by atoms with Crippen LogP contribution in [0, 0.1) is 0 Å². The van der Waals surface area contributed by atoms with Crippen LogP contribution < -0.4 is 0 Å². The van der Waals surface area contributed by atoms with Gasteiger partial charge in [-0.1, -0.05) is 0 Å². The molecule has 0 radical (unpaired) electrons. The molecule has 0 aromatic heterocycles. The van der Waals surface area contributed by atoms with E-state index in [1.54, 1.807) is 0 Å². The molecule has 8 heteroatoms. The van der Waals surface area contributed by atoms with Crippen LogP contribution in [0.1, 0.15) is 0 Å². The zero-order chi connectivity index (χ0) is 9.94. The number of hydrogen-bond donors (Lipinski definition) is 1. The third-order valence-corrected chi connectivity index (χ3v) is 0.745. The minimum atomic E-state index is -4.96. The first kappa shape index (κ1) is 11.5. The fourth-order valence-electron chi connectivity index (χ4n) is 0.258. The first-order chi connectivity index (χ1) is 5.27. The summed E-state index contributed by atoms with van der Waals surface area (Å²) in [4.78, 5) is 0. The van der Waals surface area contributed by atoms with Gasteiger partial charge in [0.05, 0.1) is 0 Å². The second-order valence-corrected chi connectivity index (χ2v) is 1.70. The van der Waals surface area contributed by atoms with Gasteiger partial charge in [-0.05, 0) is 0 Å². The van der Waals surface area contributed by atoms with Crippen molar-refractivity contribution in [1.82, 2.24) is 0 Å². The van der Waals surface area contributed by atoms with Gasteiger partial charge in [0.25, 0.3) is 19.1 Å². The van der Waals surface area contributed by atoms with Crippen molar-refractivity contribution >= 4 is 0 Å². The largest absolute Gasteiger partial charge is 0.414 e. The summed E-state index contributed by atoms with van der Waals surface area (Å²) < 4.78 is 71.5. The van der Waals surface area contributed by atoms with E-state index in [2.05, 4.69) is 4.74 Å². The van der Waals surface area contributed by atoms with Crippen molar-refractivity contribution < 1.29 is 36.2 Å². The predicted molar refractivity (Wildman–Crippen MR) is 24.0 cm³/mol. The molecule has 0 aliphatic rings. The molecule has 0 fully saturated rings. The molecule has 0 saturated carbocycles. The summed E-state index contributed by atoms with van der Waals surface area (Å²) in [5.74, 6) is 0. The molecular weight excluding hydrogens is 194 g/mol. The van der Waals surface area contributed by atoms with Crippen LogP contribution in [0.25, 0.3) is 0 Å². The Morgan fingerprint density at radius 1 is 1.08 bits per heavy atom. The van der Waals surface area contributed by atoms with Crippen molar-refractivity contribution in [3.63, 3.8) is 0 Å². The van der Waals surface area contributed by atoms with Gasteiger partial charge >= 0.3 is 6.11 Å². The highest BCUT2D eigenvalue weighted by molar-refractivity contribution is 4.57. The summed E-state index contributed by atoms with van der Waals surface area (Å²) in [6.07, 6.45) is -16.3. The minimum absolute atomic E-state index is 2.59. The van der Waals surface area contributed by atoms with E-state index in [0.717, 1.165) is 0 Å². The van der Waals surface area contributed by atoms with Crippen molar-refractivity contribution in [2.45, 2.75) is 25.2 Å². The molecule has 0 aromatic rings. The molecular formula is C4H4F6O2. The fourth-order valence-corrected chi connectivity index (χ4v) is 0.258. The molecule has 12 heavy (non-hydrogen) atoms. The number of alkyl halides is 6. The normalized spacial score (nSPS) is 18.0. The quantitative estimate of drug-likeness (QED) is 0.692. The Kier molecular flexibility index (Phi) is 3.78. The summed E-state index contributed by atoms with van der Waals surface area (Å²) in [6, 6.07) is 0. The van der Waals surface area contributed by atoms with Gasteiger partial charge in [0.15, 0.2) is 0 Å². The summed E-state index contributed by atoms with van der Waals surface area (Å²) in [7, 11) is 0. The maximum atomic E-state index is 11.7. The van der Waals surface area contributed by atoms with Crippen molar-refractivity contribution in [3.05, 3.63) is 0 Å². The lowest BCUT2D eigenvalue weighted by molar-refractivity contribution is -0.364. The highest BCUT2D eigenvalue weighted by Gasteiger charge is 2.45. The average Bonchev–Trinajstić information content (AvgIpc) is 1.85. The van der Waals surface area contributed by atoms with Gasteiger partial charge in [-0.15, -0.1) is 0 Å². The maximum absolute atomic E-state index is 11.7. The molecule has 0 rings (SSSR count). The van der Waals surface area contributed by atoms with E-state index in [9.17, 15) is 26.3 Å². The van der Waals surface area contributed by atoms with Crippen molar-refractivity contribution in [2.24, 2.45) is 0 Å². The van der Waals surface area contributed by atoms with E-state index in [1.807, 2.05) is 0 Å². The number of ether oxygens (including phenoxy) is 1. The molecule has 0 aliphatic carbocycles. The van der Waals surface area contributed by atoms with E-state index in [4.69, 9.17) is 5.11 Å². The third kappa shape index (κ3) is 3.26. The smallest absolute Gasteiger partial charge is 0.357 e. The van der Waals surface area contributed by atoms with Crippen molar-refractivity contribution in [2.75, 3.05) is 0 Å². The Morgan fingerprint density at radius 2 is 1.50 bits per heavy atom. The summed E-state index contributed by atoms with van der Waals surface area (Å²) in [5.41, 5.74) is 0. The molecule has 0 spiro atoms. The molecule has 0 aliphatic heterocycles. The lowest BCUT2D eigenvalue weighted by atomic mass is 10.6.